The van der Waals surface area contributed by atoms with Gasteiger partial charge in [-0.25, -0.2) is 4.98 Å². The van der Waals surface area contributed by atoms with Gasteiger partial charge >= 0.3 is 0 Å². The molecule has 0 aliphatic heterocycles. The Bertz CT molecular complexity index is 729. The minimum atomic E-state index is -0.0246. The summed E-state index contributed by atoms with van der Waals surface area (Å²) in [6, 6.07) is 7.43. The largest absolute Gasteiger partial charge is 0.395 e. The van der Waals surface area contributed by atoms with E-state index >= 15 is 0 Å². The van der Waals surface area contributed by atoms with Gasteiger partial charge in [0.05, 0.1) is 6.33 Å². The molecule has 0 spiro atoms. The minimum Gasteiger partial charge on any atom is -0.395 e. The second-order valence-electron chi connectivity index (χ2n) is 5.56. The number of carbonyl (C=O) groups excluding carboxylic acids is 1. The van der Waals surface area contributed by atoms with Crippen LogP contribution in [0.1, 0.15) is 41.2 Å². The quantitative estimate of drug-likeness (QED) is 0.693. The number of aryl methyl sites for hydroxylation is 1. The first-order valence-electron chi connectivity index (χ1n) is 6.95. The summed E-state index contributed by atoms with van der Waals surface area (Å²) in [5.41, 5.74) is 3.19. The van der Waals surface area contributed by atoms with Crippen LogP contribution in [0.2, 0.25) is 0 Å². The molecule has 0 N–H and O–H groups in total. The van der Waals surface area contributed by atoms with Gasteiger partial charge in [0.15, 0.2) is 0 Å². The number of aromatic nitrogens is 2. The van der Waals surface area contributed by atoms with Crippen LogP contribution in [0.5, 0.6) is 0 Å². The third-order valence-corrected chi connectivity index (χ3v) is 3.37. The number of rotatable bonds is 3. The highest BCUT2D eigenvalue weighted by molar-refractivity contribution is 6.28. The van der Waals surface area contributed by atoms with Crippen molar-refractivity contribution in [2.24, 2.45) is 18.1 Å². The van der Waals surface area contributed by atoms with E-state index < -0.39 is 0 Å². The number of fused-ring (bicyclic) bond motifs is 2. The molecule has 0 atom stereocenters. The Kier molecular flexibility index (Phi) is 3.33. The number of carbonyl (C=O) groups is 1. The predicted molar refractivity (Wildman–Crippen MR) is 79.5 cm³/mol. The van der Waals surface area contributed by atoms with E-state index in [1.807, 2.05) is 31.3 Å². The van der Waals surface area contributed by atoms with Crippen molar-refractivity contribution in [2.45, 2.75) is 13.8 Å². The lowest BCUT2D eigenvalue weighted by Gasteiger charge is -2.17. The van der Waals surface area contributed by atoms with Crippen molar-refractivity contribution in [3.05, 3.63) is 53.1 Å². The van der Waals surface area contributed by atoms with E-state index in [9.17, 15) is 4.79 Å². The third-order valence-electron chi connectivity index (χ3n) is 3.37. The lowest BCUT2D eigenvalue weighted by Crippen LogP contribution is -2.23. The summed E-state index contributed by atoms with van der Waals surface area (Å²) in [5.74, 6) is 0.362. The van der Waals surface area contributed by atoms with Gasteiger partial charge in [0.2, 0.25) is 5.78 Å². The topological polar surface area (TPSA) is 56.5 Å². The van der Waals surface area contributed by atoms with Crippen LogP contribution < -0.4 is 0 Å². The second-order valence-corrected chi connectivity index (χ2v) is 5.56. The number of ketones is 1. The summed E-state index contributed by atoms with van der Waals surface area (Å²) in [4.78, 5) is 22.3. The predicted octanol–water partition coefficient (Wildman–Crippen LogP) is 2.39. The summed E-state index contributed by atoms with van der Waals surface area (Å²) in [6.45, 7) is 4.65. The minimum absolute atomic E-state index is 0.0246. The lowest BCUT2D eigenvalue weighted by atomic mass is 9.89. The Hall–Kier alpha value is -2.43. The van der Waals surface area contributed by atoms with Gasteiger partial charge in [-0.05, 0) is 5.92 Å². The van der Waals surface area contributed by atoms with E-state index in [-0.39, 0.29) is 5.78 Å². The highest BCUT2D eigenvalue weighted by Crippen LogP contribution is 2.26. The van der Waals surface area contributed by atoms with Crippen molar-refractivity contribution in [3.63, 3.8) is 0 Å². The van der Waals surface area contributed by atoms with E-state index in [1.165, 1.54) is 0 Å². The molecule has 1 aromatic heterocycles. The maximum atomic E-state index is 12.6. The number of hydrogen-bond donors (Lipinski definition) is 0. The highest BCUT2D eigenvalue weighted by Gasteiger charge is 2.32. The molecule has 0 radical (unpaired) electrons. The molecule has 108 valence electrons. The van der Waals surface area contributed by atoms with Crippen molar-refractivity contribution < 1.29 is 9.63 Å². The Balaban J connectivity index is 2.12. The van der Waals surface area contributed by atoms with E-state index in [4.69, 9.17) is 4.84 Å². The van der Waals surface area contributed by atoms with Crippen LogP contribution in [-0.2, 0) is 11.9 Å². The molecule has 1 aliphatic rings. The molecular formula is C16H17N3O2. The van der Waals surface area contributed by atoms with Gasteiger partial charge in [-0.3, -0.25) is 4.79 Å². The molecule has 1 aliphatic carbocycles. The van der Waals surface area contributed by atoms with E-state index in [0.29, 0.717) is 35.2 Å². The molecule has 2 aromatic rings. The Morgan fingerprint density at radius 2 is 2.00 bits per heavy atom. The summed E-state index contributed by atoms with van der Waals surface area (Å²) in [6.07, 6.45) is 1.63. The molecule has 0 saturated carbocycles. The molecule has 0 saturated heterocycles. The Morgan fingerprint density at radius 1 is 1.29 bits per heavy atom. The normalized spacial score (nSPS) is 15.2. The lowest BCUT2D eigenvalue weighted by molar-refractivity contribution is 0.102. The smallest absolute Gasteiger partial charge is 0.212 e. The summed E-state index contributed by atoms with van der Waals surface area (Å²) in [5, 5.41) is 4.24. The second kappa shape index (κ2) is 5.16. The maximum absolute atomic E-state index is 12.6. The fourth-order valence-corrected chi connectivity index (χ4v) is 2.36. The number of oxime groups is 1. The van der Waals surface area contributed by atoms with Crippen LogP contribution in [0.15, 0.2) is 35.7 Å². The number of hydrogen-bond acceptors (Lipinski definition) is 4. The monoisotopic (exact) mass is 283 g/mol. The van der Waals surface area contributed by atoms with Crippen molar-refractivity contribution in [1.29, 1.82) is 0 Å². The van der Waals surface area contributed by atoms with E-state index in [0.717, 1.165) is 5.56 Å². The van der Waals surface area contributed by atoms with Crippen LogP contribution in [0, 0.1) is 5.92 Å². The molecule has 0 unspecified atom stereocenters. The Labute approximate surface area is 123 Å². The first-order chi connectivity index (χ1) is 10.1. The zero-order valence-electron chi connectivity index (χ0n) is 12.3. The molecule has 5 heteroatoms. The molecular weight excluding hydrogens is 266 g/mol. The van der Waals surface area contributed by atoms with E-state index in [1.54, 1.807) is 10.9 Å². The van der Waals surface area contributed by atoms with Gasteiger partial charge in [0.25, 0.3) is 0 Å². The summed E-state index contributed by atoms with van der Waals surface area (Å²) in [7, 11) is 1.81. The van der Waals surface area contributed by atoms with Crippen LogP contribution in [-0.4, -0.2) is 27.7 Å². The number of benzene rings is 1. The number of nitrogens with zero attached hydrogens (tertiary/aromatic N) is 3. The zero-order chi connectivity index (χ0) is 15.0. The molecule has 21 heavy (non-hydrogen) atoms. The third kappa shape index (κ3) is 2.24. The summed E-state index contributed by atoms with van der Waals surface area (Å²) < 4.78 is 1.73. The van der Waals surface area contributed by atoms with Crippen LogP contribution >= 0.6 is 0 Å². The number of imidazole rings is 1. The van der Waals surface area contributed by atoms with Gasteiger partial charge in [-0.2, -0.15) is 0 Å². The molecule has 5 nitrogen and oxygen atoms in total. The fraction of sp³-hybridized carbons (Fsp3) is 0.312. The van der Waals surface area contributed by atoms with Gasteiger partial charge in [0.1, 0.15) is 23.7 Å². The SMILES string of the molecule is CC(C)CON=C1c2ccccc2C(=O)c2c1ncn2C. The summed E-state index contributed by atoms with van der Waals surface area (Å²) >= 11 is 0. The van der Waals surface area contributed by atoms with Crippen molar-refractivity contribution in [3.8, 4) is 0 Å². The standard InChI is InChI=1S/C16H17N3O2/c1-10(2)8-21-18-13-11-6-4-5-7-12(11)16(20)15-14(13)17-9-19(15)3/h4-7,9-10H,8H2,1-3H3. The first-order valence-corrected chi connectivity index (χ1v) is 6.95. The first kappa shape index (κ1) is 13.5. The molecule has 1 heterocycles. The molecule has 3 rings (SSSR count). The molecule has 1 aromatic carbocycles. The van der Waals surface area contributed by atoms with Crippen LogP contribution in [0.25, 0.3) is 0 Å². The average molecular weight is 283 g/mol. The van der Waals surface area contributed by atoms with E-state index in [2.05, 4.69) is 24.0 Å². The van der Waals surface area contributed by atoms with Gasteiger partial charge in [-0.1, -0.05) is 43.3 Å². The zero-order valence-corrected chi connectivity index (χ0v) is 12.3. The van der Waals surface area contributed by atoms with Crippen molar-refractivity contribution in [2.75, 3.05) is 6.61 Å². The van der Waals surface area contributed by atoms with Crippen molar-refractivity contribution >= 4 is 11.5 Å². The van der Waals surface area contributed by atoms with Crippen molar-refractivity contribution in [1.82, 2.24) is 9.55 Å². The molecule has 0 fully saturated rings. The highest BCUT2D eigenvalue weighted by atomic mass is 16.6. The average Bonchev–Trinajstić information content (AvgIpc) is 2.84. The molecule has 0 amide bonds. The van der Waals surface area contributed by atoms with Crippen LogP contribution in [0.3, 0.4) is 0 Å². The Morgan fingerprint density at radius 3 is 2.71 bits per heavy atom. The van der Waals surface area contributed by atoms with Crippen LogP contribution in [0.4, 0.5) is 0 Å². The molecule has 0 bridgehead atoms. The fourth-order valence-electron chi connectivity index (χ4n) is 2.36. The van der Waals surface area contributed by atoms with Gasteiger partial charge in [0, 0.05) is 18.2 Å². The van der Waals surface area contributed by atoms with Gasteiger partial charge < -0.3 is 9.40 Å². The maximum Gasteiger partial charge on any atom is 0.212 e. The van der Waals surface area contributed by atoms with Gasteiger partial charge in [-0.15, -0.1) is 0 Å².